The van der Waals surface area contributed by atoms with Crippen LogP contribution in [0.4, 0.5) is 5.69 Å². The van der Waals surface area contributed by atoms with E-state index in [1.165, 1.54) is 17.1 Å². The van der Waals surface area contributed by atoms with E-state index in [4.69, 9.17) is 28.2 Å². The molecule has 1 aliphatic rings. The second-order valence-electron chi connectivity index (χ2n) is 9.75. The lowest BCUT2D eigenvalue weighted by Gasteiger charge is -2.17. The van der Waals surface area contributed by atoms with Crippen molar-refractivity contribution >= 4 is 46.8 Å². The predicted molar refractivity (Wildman–Crippen MR) is 160 cm³/mol. The van der Waals surface area contributed by atoms with Crippen LogP contribution >= 0.6 is 23.2 Å². The summed E-state index contributed by atoms with van der Waals surface area (Å²) >= 11 is 12.9. The molecule has 2 amide bonds. The van der Waals surface area contributed by atoms with Crippen molar-refractivity contribution < 1.29 is 9.59 Å². The van der Waals surface area contributed by atoms with Crippen molar-refractivity contribution in [2.45, 2.75) is 25.3 Å². The molecule has 210 valence electrons. The highest BCUT2D eigenvalue weighted by molar-refractivity contribution is 6.32. The van der Waals surface area contributed by atoms with Gasteiger partial charge in [-0.3, -0.25) is 9.59 Å². The quantitative estimate of drug-likeness (QED) is 0.206. The van der Waals surface area contributed by atoms with Gasteiger partial charge in [0.05, 0.1) is 11.7 Å². The molecule has 1 unspecified atom stereocenters. The topological polar surface area (TPSA) is 130 Å². The smallest absolute Gasteiger partial charge is 0.244 e. The van der Waals surface area contributed by atoms with Crippen LogP contribution in [0.3, 0.4) is 0 Å². The Bertz CT molecular complexity index is 1780. The van der Waals surface area contributed by atoms with Gasteiger partial charge in [-0.1, -0.05) is 59.6 Å². The first-order valence-corrected chi connectivity index (χ1v) is 13.9. The molecule has 3 heterocycles. The standard InChI is InChI=1S/C30H24Cl2N8O2/c31-22-9-11-25(40-17-33-38-39-40)20(16-22)8-13-27(42)35-24(14-18-4-2-1-3-5-18)30-36-28(29(32)37-30)21-6-10-23-19(15-21)7-12-26(41)34-23/h1-6,8-11,13,15-17,24H,7,12,14H2,(H,34,41)(H,35,42)(H,36,37)/b13-8+. The number of nitrogens with one attached hydrogen (secondary N) is 3. The molecular formula is C30H24Cl2N8O2. The molecule has 0 bridgehead atoms. The monoisotopic (exact) mass is 598 g/mol. The number of aromatic amines is 1. The summed E-state index contributed by atoms with van der Waals surface area (Å²) in [5.74, 6) is 0.187. The normalized spacial score (nSPS) is 13.5. The maximum atomic E-state index is 13.2. The Hall–Kier alpha value is -4.80. The van der Waals surface area contributed by atoms with Crippen LogP contribution in [-0.4, -0.2) is 42.0 Å². The lowest BCUT2D eigenvalue weighted by Crippen LogP contribution is -2.29. The maximum absolute atomic E-state index is 13.2. The molecular weight excluding hydrogens is 575 g/mol. The van der Waals surface area contributed by atoms with Gasteiger partial charge >= 0.3 is 0 Å². The number of halogens is 2. The SMILES string of the molecule is O=C(/C=C/c1cc(Cl)ccc1-n1cnnn1)NC(Cc1ccccc1)c1nc(-c2ccc3c(c2)CCC(=O)N3)c(Cl)[nH]1. The van der Waals surface area contributed by atoms with Crippen LogP contribution in [0.15, 0.2) is 79.1 Å². The molecule has 1 atom stereocenters. The molecule has 3 N–H and O–H groups in total. The molecule has 0 saturated heterocycles. The first-order valence-electron chi connectivity index (χ1n) is 13.2. The van der Waals surface area contributed by atoms with E-state index in [-0.39, 0.29) is 11.8 Å². The average Bonchev–Trinajstić information content (AvgIpc) is 3.66. The molecule has 2 aromatic heterocycles. The highest BCUT2D eigenvalue weighted by Gasteiger charge is 2.22. The maximum Gasteiger partial charge on any atom is 0.244 e. The Morgan fingerprint density at radius 2 is 1.93 bits per heavy atom. The van der Waals surface area contributed by atoms with Crippen molar-refractivity contribution in [2.75, 3.05) is 5.32 Å². The molecule has 3 aromatic carbocycles. The van der Waals surface area contributed by atoms with Gasteiger partial charge in [0.1, 0.15) is 23.0 Å². The largest absolute Gasteiger partial charge is 0.342 e. The van der Waals surface area contributed by atoms with Crippen LogP contribution < -0.4 is 10.6 Å². The van der Waals surface area contributed by atoms with Gasteiger partial charge in [0, 0.05) is 34.3 Å². The Morgan fingerprint density at radius 1 is 1.07 bits per heavy atom. The molecule has 0 aliphatic carbocycles. The zero-order chi connectivity index (χ0) is 29.1. The van der Waals surface area contributed by atoms with Crippen LogP contribution in [0.1, 0.15) is 35.0 Å². The van der Waals surface area contributed by atoms with Crippen LogP contribution in [-0.2, 0) is 22.4 Å². The highest BCUT2D eigenvalue weighted by Crippen LogP contribution is 2.33. The summed E-state index contributed by atoms with van der Waals surface area (Å²) in [5, 5.41) is 18.1. The first kappa shape index (κ1) is 27.4. The van der Waals surface area contributed by atoms with Crippen molar-refractivity contribution in [3.63, 3.8) is 0 Å². The van der Waals surface area contributed by atoms with Gasteiger partial charge in [0.2, 0.25) is 11.8 Å². The second kappa shape index (κ2) is 12.0. The molecule has 10 nitrogen and oxygen atoms in total. The third-order valence-corrected chi connectivity index (χ3v) is 7.39. The minimum Gasteiger partial charge on any atom is -0.342 e. The van der Waals surface area contributed by atoms with E-state index in [1.54, 1.807) is 24.3 Å². The summed E-state index contributed by atoms with van der Waals surface area (Å²) in [6.45, 7) is 0. The summed E-state index contributed by atoms with van der Waals surface area (Å²) < 4.78 is 1.49. The van der Waals surface area contributed by atoms with Crippen LogP contribution in [0.2, 0.25) is 10.2 Å². The van der Waals surface area contributed by atoms with Crippen molar-refractivity contribution in [1.29, 1.82) is 0 Å². The van der Waals surface area contributed by atoms with E-state index < -0.39 is 6.04 Å². The van der Waals surface area contributed by atoms with Gasteiger partial charge in [0.15, 0.2) is 0 Å². The van der Waals surface area contributed by atoms with Crippen LogP contribution in [0.25, 0.3) is 23.0 Å². The van der Waals surface area contributed by atoms with Crippen molar-refractivity contribution in [1.82, 2.24) is 35.5 Å². The fourth-order valence-corrected chi connectivity index (χ4v) is 5.28. The number of nitrogens with zero attached hydrogens (tertiary/aromatic N) is 5. The number of amides is 2. The van der Waals surface area contributed by atoms with Crippen molar-refractivity contribution in [3.05, 3.63) is 112 Å². The Morgan fingerprint density at radius 3 is 2.74 bits per heavy atom. The lowest BCUT2D eigenvalue weighted by molar-refractivity contribution is -0.117. The minimum absolute atomic E-state index is 0.00544. The van der Waals surface area contributed by atoms with E-state index in [2.05, 4.69) is 31.1 Å². The number of hydrogen-bond acceptors (Lipinski definition) is 6. The number of aromatic nitrogens is 6. The number of hydrogen-bond donors (Lipinski definition) is 3. The average molecular weight is 599 g/mol. The second-order valence-corrected chi connectivity index (χ2v) is 10.6. The summed E-state index contributed by atoms with van der Waals surface area (Å²) in [6.07, 6.45) is 6.11. The van der Waals surface area contributed by atoms with E-state index in [0.717, 1.165) is 22.4 Å². The van der Waals surface area contributed by atoms with Crippen LogP contribution in [0, 0.1) is 0 Å². The predicted octanol–water partition coefficient (Wildman–Crippen LogP) is 5.36. The number of rotatable bonds is 8. The van der Waals surface area contributed by atoms with Crippen LogP contribution in [0.5, 0.6) is 0 Å². The minimum atomic E-state index is -0.508. The number of aryl methyl sites for hydroxylation is 1. The number of carbonyl (C=O) groups excluding carboxylic acids is 2. The molecule has 0 spiro atoms. The number of tetrazole rings is 1. The van der Waals surface area contributed by atoms with Gasteiger partial charge in [0.25, 0.3) is 0 Å². The van der Waals surface area contributed by atoms with Gasteiger partial charge in [-0.15, -0.1) is 5.10 Å². The molecule has 0 fully saturated rings. The van der Waals surface area contributed by atoms with Crippen molar-refractivity contribution in [2.24, 2.45) is 0 Å². The number of benzene rings is 3. The number of anilines is 1. The third kappa shape index (κ3) is 6.09. The summed E-state index contributed by atoms with van der Waals surface area (Å²) in [5.41, 5.74) is 5.55. The number of H-pyrrole nitrogens is 1. The fourth-order valence-electron chi connectivity index (χ4n) is 4.85. The van der Waals surface area contributed by atoms with E-state index in [9.17, 15) is 9.59 Å². The van der Waals surface area contributed by atoms with Gasteiger partial charge in [-0.2, -0.15) is 4.68 Å². The molecule has 0 saturated carbocycles. The third-order valence-electron chi connectivity index (χ3n) is 6.88. The molecule has 5 aromatic rings. The zero-order valence-electron chi connectivity index (χ0n) is 22.1. The molecule has 12 heteroatoms. The van der Waals surface area contributed by atoms with E-state index in [1.807, 2.05) is 48.5 Å². The van der Waals surface area contributed by atoms with Gasteiger partial charge in [-0.25, -0.2) is 4.98 Å². The van der Waals surface area contributed by atoms with E-state index >= 15 is 0 Å². The molecule has 1 aliphatic heterocycles. The number of fused-ring (bicyclic) bond motifs is 1. The Kier molecular flexibility index (Phi) is 7.81. The molecule has 0 radical (unpaired) electrons. The summed E-state index contributed by atoms with van der Waals surface area (Å²) in [6, 6.07) is 20.2. The van der Waals surface area contributed by atoms with E-state index in [0.29, 0.717) is 52.2 Å². The Labute approximate surface area is 250 Å². The lowest BCUT2D eigenvalue weighted by atomic mass is 9.99. The van der Waals surface area contributed by atoms with Gasteiger partial charge in [-0.05, 0) is 70.8 Å². The van der Waals surface area contributed by atoms with Crippen molar-refractivity contribution in [3.8, 4) is 16.9 Å². The van der Waals surface area contributed by atoms with Gasteiger partial charge < -0.3 is 15.6 Å². The highest BCUT2D eigenvalue weighted by atomic mass is 35.5. The number of carbonyl (C=O) groups is 2. The molecule has 42 heavy (non-hydrogen) atoms. The Balaban J connectivity index is 1.27. The zero-order valence-corrected chi connectivity index (χ0v) is 23.6. The summed E-state index contributed by atoms with van der Waals surface area (Å²) in [7, 11) is 0. The fraction of sp³-hybridized carbons (Fsp3) is 0.133. The molecule has 6 rings (SSSR count). The first-order chi connectivity index (χ1) is 20.4. The number of imidazole rings is 1. The summed E-state index contributed by atoms with van der Waals surface area (Å²) in [4.78, 5) is 33.0.